The number of hydrogen-bond acceptors (Lipinski definition) is 3. The third kappa shape index (κ3) is 3.99. The van der Waals surface area contributed by atoms with Crippen LogP contribution in [-0.4, -0.2) is 23.5 Å². The zero-order chi connectivity index (χ0) is 13.7. The van der Waals surface area contributed by atoms with Crippen LogP contribution >= 0.6 is 22.9 Å². The Kier molecular flexibility index (Phi) is 5.62. The van der Waals surface area contributed by atoms with Gasteiger partial charge < -0.3 is 10.4 Å². The van der Waals surface area contributed by atoms with Gasteiger partial charge in [-0.15, -0.1) is 11.3 Å². The summed E-state index contributed by atoms with van der Waals surface area (Å²) in [6.07, 6.45) is 1.19. The molecule has 0 fully saturated rings. The largest absolute Gasteiger partial charge is 0.481 e. The van der Waals surface area contributed by atoms with Gasteiger partial charge in [-0.3, -0.25) is 9.59 Å². The molecule has 0 bridgehead atoms. The fourth-order valence-corrected chi connectivity index (χ4v) is 2.59. The van der Waals surface area contributed by atoms with Gasteiger partial charge >= 0.3 is 5.97 Å². The molecule has 0 aliphatic rings. The molecule has 0 saturated carbocycles. The van der Waals surface area contributed by atoms with E-state index in [4.69, 9.17) is 16.7 Å². The second kappa shape index (κ2) is 6.75. The summed E-state index contributed by atoms with van der Waals surface area (Å²) < 4.78 is 0. The number of aryl methyl sites for hydroxylation is 1. The molecule has 18 heavy (non-hydrogen) atoms. The minimum absolute atomic E-state index is 0.193. The molecule has 100 valence electrons. The summed E-state index contributed by atoms with van der Waals surface area (Å²) in [5, 5.41) is 13.8. The first-order chi connectivity index (χ1) is 8.43. The highest BCUT2D eigenvalue weighted by molar-refractivity contribution is 7.13. The monoisotopic (exact) mass is 289 g/mol. The topological polar surface area (TPSA) is 66.4 Å². The van der Waals surface area contributed by atoms with Gasteiger partial charge in [0.1, 0.15) is 4.88 Å². The number of carbonyl (C=O) groups excluding carboxylic acids is 1. The first-order valence-corrected chi connectivity index (χ1v) is 6.93. The van der Waals surface area contributed by atoms with E-state index >= 15 is 0 Å². The Bertz CT molecular complexity index is 445. The Balaban J connectivity index is 2.34. The van der Waals surface area contributed by atoms with Crippen LogP contribution in [0.5, 0.6) is 0 Å². The summed E-state index contributed by atoms with van der Waals surface area (Å²) in [5.74, 6) is -1.38. The van der Waals surface area contributed by atoms with Gasteiger partial charge in [0.05, 0.1) is 10.9 Å². The van der Waals surface area contributed by atoms with Gasteiger partial charge in [0.2, 0.25) is 0 Å². The average molecular weight is 290 g/mol. The highest BCUT2D eigenvalue weighted by Crippen LogP contribution is 2.26. The zero-order valence-electron chi connectivity index (χ0n) is 10.3. The van der Waals surface area contributed by atoms with Crippen LogP contribution in [0.1, 0.15) is 35.0 Å². The molecule has 6 heteroatoms. The van der Waals surface area contributed by atoms with Gasteiger partial charge in [0.15, 0.2) is 0 Å². The maximum Gasteiger partial charge on any atom is 0.306 e. The van der Waals surface area contributed by atoms with Crippen molar-refractivity contribution in [2.45, 2.75) is 26.7 Å². The third-order valence-electron chi connectivity index (χ3n) is 2.63. The van der Waals surface area contributed by atoms with Crippen molar-refractivity contribution in [1.82, 2.24) is 5.32 Å². The van der Waals surface area contributed by atoms with Crippen LogP contribution in [0, 0.1) is 12.8 Å². The number of carboxylic acids is 1. The maximum atomic E-state index is 11.8. The van der Waals surface area contributed by atoms with Crippen LogP contribution in [-0.2, 0) is 4.79 Å². The Labute approximate surface area is 115 Å². The van der Waals surface area contributed by atoms with E-state index in [2.05, 4.69) is 5.32 Å². The fourth-order valence-electron chi connectivity index (χ4n) is 1.40. The third-order valence-corrected chi connectivity index (χ3v) is 4.32. The van der Waals surface area contributed by atoms with Gasteiger partial charge in [0, 0.05) is 6.54 Å². The van der Waals surface area contributed by atoms with Crippen LogP contribution in [0.25, 0.3) is 0 Å². The summed E-state index contributed by atoms with van der Waals surface area (Å²) in [6, 6.07) is 0. The second-order valence-electron chi connectivity index (χ2n) is 4.20. The van der Waals surface area contributed by atoms with Gasteiger partial charge in [-0.25, -0.2) is 0 Å². The number of amides is 1. The van der Waals surface area contributed by atoms with E-state index in [-0.39, 0.29) is 11.8 Å². The van der Waals surface area contributed by atoms with Crippen molar-refractivity contribution < 1.29 is 14.7 Å². The Morgan fingerprint density at radius 2 is 2.22 bits per heavy atom. The molecular weight excluding hydrogens is 274 g/mol. The smallest absolute Gasteiger partial charge is 0.306 e. The van der Waals surface area contributed by atoms with E-state index in [1.807, 2.05) is 12.3 Å². The number of carboxylic acid groups (broad SMARTS) is 1. The predicted molar refractivity (Wildman–Crippen MR) is 72.4 cm³/mol. The Hall–Kier alpha value is -1.07. The lowest BCUT2D eigenvalue weighted by Gasteiger charge is -2.07. The molecule has 0 spiro atoms. The first kappa shape index (κ1) is 15.0. The maximum absolute atomic E-state index is 11.8. The molecule has 1 aromatic rings. The normalized spacial score (nSPS) is 12.2. The van der Waals surface area contributed by atoms with E-state index in [9.17, 15) is 9.59 Å². The van der Waals surface area contributed by atoms with E-state index < -0.39 is 5.97 Å². The molecule has 0 radical (unpaired) electrons. The number of hydrogen-bond donors (Lipinski definition) is 2. The lowest BCUT2D eigenvalue weighted by Crippen LogP contribution is -2.24. The lowest BCUT2D eigenvalue weighted by atomic mass is 10.1. The summed E-state index contributed by atoms with van der Waals surface area (Å²) in [6.45, 7) is 3.97. The van der Waals surface area contributed by atoms with Crippen LogP contribution in [0.2, 0.25) is 5.02 Å². The van der Waals surface area contributed by atoms with Gasteiger partial charge in [-0.1, -0.05) is 18.5 Å². The molecule has 1 atom stereocenters. The van der Waals surface area contributed by atoms with E-state index in [0.29, 0.717) is 29.3 Å². The summed E-state index contributed by atoms with van der Waals surface area (Å²) in [5.41, 5.74) is 0.895. The molecule has 1 aromatic heterocycles. The van der Waals surface area contributed by atoms with Crippen LogP contribution in [0.15, 0.2) is 5.38 Å². The molecular formula is C12H16ClNO3S. The molecule has 1 heterocycles. The number of aliphatic carboxylic acids is 1. The van der Waals surface area contributed by atoms with Gasteiger partial charge in [-0.2, -0.15) is 0 Å². The van der Waals surface area contributed by atoms with E-state index in [1.165, 1.54) is 11.3 Å². The molecule has 2 N–H and O–H groups in total. The van der Waals surface area contributed by atoms with E-state index in [1.54, 1.807) is 6.92 Å². The number of rotatable bonds is 6. The SMILES string of the molecule is Cc1csc(C(=O)NCCCC(C)C(=O)O)c1Cl. The van der Waals surface area contributed by atoms with Crippen molar-refractivity contribution in [2.24, 2.45) is 5.92 Å². The average Bonchev–Trinajstić information content (AvgIpc) is 2.65. The van der Waals surface area contributed by atoms with Gasteiger partial charge in [0.25, 0.3) is 5.91 Å². The highest BCUT2D eigenvalue weighted by atomic mass is 35.5. The minimum Gasteiger partial charge on any atom is -0.481 e. The van der Waals surface area contributed by atoms with Crippen molar-refractivity contribution in [2.75, 3.05) is 6.54 Å². The van der Waals surface area contributed by atoms with Crippen LogP contribution < -0.4 is 5.32 Å². The van der Waals surface area contributed by atoms with E-state index in [0.717, 1.165) is 5.56 Å². The number of halogens is 1. The molecule has 1 rings (SSSR count). The molecule has 0 aromatic carbocycles. The zero-order valence-corrected chi connectivity index (χ0v) is 11.9. The van der Waals surface area contributed by atoms with Crippen molar-refractivity contribution in [3.8, 4) is 0 Å². The Morgan fingerprint density at radius 1 is 1.56 bits per heavy atom. The van der Waals surface area contributed by atoms with Crippen molar-refractivity contribution >= 4 is 34.8 Å². The first-order valence-electron chi connectivity index (χ1n) is 5.68. The second-order valence-corrected chi connectivity index (χ2v) is 5.46. The number of thiophene rings is 1. The van der Waals surface area contributed by atoms with Crippen molar-refractivity contribution in [1.29, 1.82) is 0 Å². The van der Waals surface area contributed by atoms with Crippen molar-refractivity contribution in [3.63, 3.8) is 0 Å². The van der Waals surface area contributed by atoms with Crippen molar-refractivity contribution in [3.05, 3.63) is 20.8 Å². The molecule has 4 nitrogen and oxygen atoms in total. The summed E-state index contributed by atoms with van der Waals surface area (Å²) in [4.78, 5) is 22.9. The van der Waals surface area contributed by atoms with Crippen LogP contribution in [0.4, 0.5) is 0 Å². The fraction of sp³-hybridized carbons (Fsp3) is 0.500. The molecule has 0 aliphatic carbocycles. The Morgan fingerprint density at radius 3 is 2.72 bits per heavy atom. The predicted octanol–water partition coefficient (Wildman–Crippen LogP) is 2.94. The number of carbonyl (C=O) groups is 2. The van der Waals surface area contributed by atoms with Crippen LogP contribution in [0.3, 0.4) is 0 Å². The summed E-state index contributed by atoms with van der Waals surface area (Å²) in [7, 11) is 0. The molecule has 0 saturated heterocycles. The molecule has 0 aliphatic heterocycles. The standard InChI is InChI=1S/C12H16ClNO3S/c1-7(12(16)17)4-3-5-14-11(15)10-9(13)8(2)6-18-10/h6-7H,3-5H2,1-2H3,(H,14,15)(H,16,17). The number of nitrogens with one attached hydrogen (secondary N) is 1. The minimum atomic E-state index is -0.807. The molecule has 1 unspecified atom stereocenters. The van der Waals surface area contributed by atoms with Gasteiger partial charge in [-0.05, 0) is 30.7 Å². The summed E-state index contributed by atoms with van der Waals surface area (Å²) >= 11 is 7.30. The molecule has 1 amide bonds. The lowest BCUT2D eigenvalue weighted by molar-refractivity contribution is -0.141. The highest BCUT2D eigenvalue weighted by Gasteiger charge is 2.14. The quantitative estimate of drug-likeness (QED) is 0.791.